The summed E-state index contributed by atoms with van der Waals surface area (Å²) < 4.78 is 6.85. The van der Waals surface area contributed by atoms with Crippen LogP contribution in [0.5, 0.6) is 0 Å². The highest BCUT2D eigenvalue weighted by molar-refractivity contribution is 6.15. The SMILES string of the molecule is CC(C)(C)c1ccnc(-c2ccc(C(C)(C)C)c3c2oc2c(-c4ccc(-c5ccccc5)cc4)c(C#N)ccc23)c1. The maximum atomic E-state index is 10.2. The Morgan fingerprint density at radius 1 is 0.683 bits per heavy atom. The zero-order valence-corrected chi connectivity index (χ0v) is 24.5. The standard InChI is InChI=1S/C38H34N2O/c1-37(2,3)28-20-21-40-32(22-28)29-18-19-31(38(4,5)6)34-30-17-16-27(23-39)33(36(30)41-35(29)34)26-14-12-25(13-15-26)24-10-8-7-9-11-24/h7-22H,1-6H3. The van der Waals surface area contributed by atoms with Gasteiger partial charge in [-0.25, -0.2) is 0 Å². The molecule has 3 heteroatoms. The van der Waals surface area contributed by atoms with Gasteiger partial charge in [0.05, 0.1) is 17.3 Å². The summed E-state index contributed by atoms with van der Waals surface area (Å²) in [6.45, 7) is 13.3. The highest BCUT2D eigenvalue weighted by Crippen LogP contribution is 2.45. The number of pyridine rings is 1. The second-order valence-electron chi connectivity index (χ2n) is 12.8. The number of rotatable bonds is 3. The molecular weight excluding hydrogens is 500 g/mol. The van der Waals surface area contributed by atoms with Gasteiger partial charge in [-0.15, -0.1) is 0 Å². The molecule has 0 fully saturated rings. The van der Waals surface area contributed by atoms with Gasteiger partial charge in [0.15, 0.2) is 0 Å². The summed E-state index contributed by atoms with van der Waals surface area (Å²) in [5.74, 6) is 0. The Bertz CT molecular complexity index is 1940. The van der Waals surface area contributed by atoms with Gasteiger partial charge in [-0.05, 0) is 69.0 Å². The summed E-state index contributed by atoms with van der Waals surface area (Å²) in [5, 5.41) is 12.3. The number of nitriles is 1. The van der Waals surface area contributed by atoms with Gasteiger partial charge in [0, 0.05) is 28.1 Å². The fourth-order valence-corrected chi connectivity index (χ4v) is 5.65. The molecule has 3 nitrogen and oxygen atoms in total. The van der Waals surface area contributed by atoms with Gasteiger partial charge < -0.3 is 4.42 Å². The molecule has 2 aromatic heterocycles. The van der Waals surface area contributed by atoms with Crippen molar-refractivity contribution < 1.29 is 4.42 Å². The van der Waals surface area contributed by atoms with Crippen molar-refractivity contribution in [1.82, 2.24) is 4.98 Å². The number of fused-ring (bicyclic) bond motifs is 3. The van der Waals surface area contributed by atoms with Crippen molar-refractivity contribution >= 4 is 21.9 Å². The normalized spacial score (nSPS) is 12.1. The third-order valence-corrected chi connectivity index (χ3v) is 7.90. The molecule has 6 rings (SSSR count). The van der Waals surface area contributed by atoms with Crippen LogP contribution >= 0.6 is 0 Å². The predicted molar refractivity (Wildman–Crippen MR) is 170 cm³/mol. The molecule has 0 radical (unpaired) electrons. The topological polar surface area (TPSA) is 49.8 Å². The Hall–Kier alpha value is -4.68. The van der Waals surface area contributed by atoms with Crippen LogP contribution in [0.3, 0.4) is 0 Å². The minimum atomic E-state index is -0.111. The number of nitrogens with zero attached hydrogens (tertiary/aromatic N) is 2. The minimum Gasteiger partial charge on any atom is -0.455 e. The average Bonchev–Trinajstić information content (AvgIpc) is 3.35. The van der Waals surface area contributed by atoms with Crippen LogP contribution in [0.15, 0.2) is 102 Å². The monoisotopic (exact) mass is 534 g/mol. The lowest BCUT2D eigenvalue weighted by Crippen LogP contribution is -2.12. The van der Waals surface area contributed by atoms with E-state index >= 15 is 0 Å². The third kappa shape index (κ3) is 4.70. The fourth-order valence-electron chi connectivity index (χ4n) is 5.65. The van der Waals surface area contributed by atoms with E-state index in [-0.39, 0.29) is 10.8 Å². The van der Waals surface area contributed by atoms with Crippen molar-refractivity contribution in [3.05, 3.63) is 114 Å². The molecule has 0 spiro atoms. The molecule has 2 heterocycles. The van der Waals surface area contributed by atoms with Gasteiger partial charge in [0.1, 0.15) is 11.2 Å². The van der Waals surface area contributed by atoms with Crippen LogP contribution in [0, 0.1) is 11.3 Å². The van der Waals surface area contributed by atoms with Crippen molar-refractivity contribution in [3.63, 3.8) is 0 Å². The lowest BCUT2D eigenvalue weighted by molar-refractivity contribution is 0.589. The molecule has 202 valence electrons. The van der Waals surface area contributed by atoms with Gasteiger partial charge in [0.2, 0.25) is 0 Å². The molecule has 4 aromatic carbocycles. The van der Waals surface area contributed by atoms with Crippen molar-refractivity contribution in [2.45, 2.75) is 52.4 Å². The van der Waals surface area contributed by atoms with E-state index in [2.05, 4.69) is 108 Å². The highest BCUT2D eigenvalue weighted by atomic mass is 16.3. The lowest BCUT2D eigenvalue weighted by atomic mass is 9.82. The molecule has 0 aliphatic carbocycles. The summed E-state index contributed by atoms with van der Waals surface area (Å²) >= 11 is 0. The molecule has 0 saturated carbocycles. The van der Waals surface area contributed by atoms with E-state index in [1.807, 2.05) is 36.5 Å². The van der Waals surface area contributed by atoms with E-state index in [4.69, 9.17) is 9.40 Å². The van der Waals surface area contributed by atoms with Crippen LogP contribution in [0.1, 0.15) is 58.2 Å². The number of hydrogen-bond acceptors (Lipinski definition) is 3. The summed E-state index contributed by atoms with van der Waals surface area (Å²) in [4.78, 5) is 4.78. The predicted octanol–water partition coefficient (Wildman–Crippen LogP) is 10.4. The van der Waals surface area contributed by atoms with E-state index < -0.39 is 0 Å². The van der Waals surface area contributed by atoms with Crippen molar-refractivity contribution in [2.24, 2.45) is 0 Å². The number of hydrogen-bond donors (Lipinski definition) is 0. The zero-order chi connectivity index (χ0) is 28.9. The smallest absolute Gasteiger partial charge is 0.145 e. The first-order valence-corrected chi connectivity index (χ1v) is 14.1. The maximum absolute atomic E-state index is 10.2. The summed E-state index contributed by atoms with van der Waals surface area (Å²) in [6.07, 6.45) is 1.88. The molecule has 41 heavy (non-hydrogen) atoms. The van der Waals surface area contributed by atoms with Gasteiger partial charge in [-0.3, -0.25) is 4.98 Å². The molecule has 0 saturated heterocycles. The van der Waals surface area contributed by atoms with Crippen molar-refractivity contribution in [3.8, 4) is 39.6 Å². The van der Waals surface area contributed by atoms with Crippen LogP contribution in [0.2, 0.25) is 0 Å². The van der Waals surface area contributed by atoms with Gasteiger partial charge in [-0.2, -0.15) is 5.26 Å². The molecule has 6 aromatic rings. The molecular formula is C38H34N2O. The minimum absolute atomic E-state index is 0.00316. The number of furan rings is 1. The molecule has 0 atom stereocenters. The second kappa shape index (κ2) is 9.75. The van der Waals surface area contributed by atoms with Crippen molar-refractivity contribution in [2.75, 3.05) is 0 Å². The molecule has 0 aliphatic rings. The molecule has 0 bridgehead atoms. The van der Waals surface area contributed by atoms with E-state index in [0.717, 1.165) is 55.4 Å². The Balaban J connectivity index is 1.64. The van der Waals surface area contributed by atoms with Gasteiger partial charge >= 0.3 is 0 Å². The Labute approximate surface area is 242 Å². The van der Waals surface area contributed by atoms with E-state index in [1.54, 1.807) is 0 Å². The fraction of sp³-hybridized carbons (Fsp3) is 0.211. The molecule has 0 N–H and O–H groups in total. The Morgan fingerprint density at radius 2 is 1.37 bits per heavy atom. The van der Waals surface area contributed by atoms with Crippen LogP contribution in [-0.4, -0.2) is 4.98 Å². The van der Waals surface area contributed by atoms with E-state index in [0.29, 0.717) is 5.56 Å². The molecule has 0 amide bonds. The second-order valence-corrected chi connectivity index (χ2v) is 12.8. The first kappa shape index (κ1) is 26.5. The van der Waals surface area contributed by atoms with Gasteiger partial charge in [0.25, 0.3) is 0 Å². The Morgan fingerprint density at radius 3 is 2.02 bits per heavy atom. The third-order valence-electron chi connectivity index (χ3n) is 7.90. The van der Waals surface area contributed by atoms with Crippen LogP contribution in [0.4, 0.5) is 0 Å². The quantitative estimate of drug-likeness (QED) is 0.227. The van der Waals surface area contributed by atoms with Crippen molar-refractivity contribution in [1.29, 1.82) is 5.26 Å². The summed E-state index contributed by atoms with van der Waals surface area (Å²) in [7, 11) is 0. The zero-order valence-electron chi connectivity index (χ0n) is 24.5. The first-order chi connectivity index (χ1) is 19.6. The number of aromatic nitrogens is 1. The highest BCUT2D eigenvalue weighted by Gasteiger charge is 2.26. The maximum Gasteiger partial charge on any atom is 0.145 e. The van der Waals surface area contributed by atoms with Crippen LogP contribution < -0.4 is 0 Å². The first-order valence-electron chi connectivity index (χ1n) is 14.1. The molecule has 0 aliphatic heterocycles. The van der Waals surface area contributed by atoms with E-state index in [9.17, 15) is 5.26 Å². The van der Waals surface area contributed by atoms with Gasteiger partial charge in [-0.1, -0.05) is 102 Å². The Kier molecular flexibility index (Phi) is 6.31. The number of benzene rings is 4. The summed E-state index contributed by atoms with van der Waals surface area (Å²) in [6, 6.07) is 33.7. The van der Waals surface area contributed by atoms with Crippen LogP contribution in [-0.2, 0) is 10.8 Å². The summed E-state index contributed by atoms with van der Waals surface area (Å²) in [5.41, 5.74) is 10.4. The average molecular weight is 535 g/mol. The molecule has 0 unspecified atom stereocenters. The van der Waals surface area contributed by atoms with Crippen LogP contribution in [0.25, 0.3) is 55.4 Å². The lowest BCUT2D eigenvalue weighted by Gasteiger charge is -2.22. The van der Waals surface area contributed by atoms with E-state index in [1.165, 1.54) is 11.1 Å². The largest absolute Gasteiger partial charge is 0.455 e.